The van der Waals surface area contributed by atoms with Crippen molar-refractivity contribution < 1.29 is 4.39 Å². The van der Waals surface area contributed by atoms with Crippen LogP contribution in [0.4, 0.5) is 4.39 Å². The van der Waals surface area contributed by atoms with Crippen LogP contribution in [0.25, 0.3) is 0 Å². The van der Waals surface area contributed by atoms with Crippen molar-refractivity contribution in [2.45, 2.75) is 19.5 Å². The molecule has 3 nitrogen and oxygen atoms in total. The molecule has 13 heavy (non-hydrogen) atoms. The van der Waals surface area contributed by atoms with Crippen molar-refractivity contribution in [3.05, 3.63) is 40.6 Å². The molecular weight excluding hydrogens is 171 g/mol. The summed E-state index contributed by atoms with van der Waals surface area (Å²) in [6.07, 6.45) is 1.18. The lowest BCUT2D eigenvalue weighted by atomic mass is 9.97. The molecule has 0 bridgehead atoms. The number of hydrogen-bond acceptors (Lipinski definition) is 2. The number of allylic oxidation sites excluding steroid dienone is 1. The summed E-state index contributed by atoms with van der Waals surface area (Å²) in [5.74, 6) is 0. The molecule has 0 aliphatic rings. The Morgan fingerprint density at radius 2 is 2.38 bits per heavy atom. The molecule has 1 unspecified atom stereocenters. The third-order valence-corrected chi connectivity index (χ3v) is 1.96. The van der Waals surface area contributed by atoms with E-state index in [0.717, 1.165) is 6.07 Å². The van der Waals surface area contributed by atoms with Crippen molar-refractivity contribution in [1.29, 1.82) is 0 Å². The van der Waals surface area contributed by atoms with Gasteiger partial charge in [0.1, 0.15) is 0 Å². The fraction of sp³-hybridized carbons (Fsp3) is 0.333. The van der Waals surface area contributed by atoms with E-state index >= 15 is 0 Å². The van der Waals surface area contributed by atoms with Gasteiger partial charge in [0.25, 0.3) is 5.56 Å². The van der Waals surface area contributed by atoms with Gasteiger partial charge >= 0.3 is 0 Å². The highest BCUT2D eigenvalue weighted by Crippen LogP contribution is 2.29. The van der Waals surface area contributed by atoms with Crippen LogP contribution in [0.3, 0.4) is 0 Å². The lowest BCUT2D eigenvalue weighted by Gasteiger charge is -2.18. The standard InChI is InChI=1S/C9H11FN2O/c1-6(2)9(3,10)7-4-8(13)12-5-11-7/h4-5H,1H2,2-3H3,(H,11,12,13). The molecule has 1 rings (SSSR count). The predicted molar refractivity (Wildman–Crippen MR) is 48.1 cm³/mol. The van der Waals surface area contributed by atoms with E-state index in [2.05, 4.69) is 16.5 Å². The number of aromatic nitrogens is 2. The van der Waals surface area contributed by atoms with E-state index in [0.29, 0.717) is 5.57 Å². The molecule has 1 aromatic rings. The Kier molecular flexibility index (Phi) is 2.32. The van der Waals surface area contributed by atoms with Gasteiger partial charge in [-0.3, -0.25) is 4.79 Å². The van der Waals surface area contributed by atoms with Crippen LogP contribution in [0.5, 0.6) is 0 Å². The number of halogens is 1. The Hall–Kier alpha value is -1.45. The van der Waals surface area contributed by atoms with Gasteiger partial charge in [-0.15, -0.1) is 0 Å². The van der Waals surface area contributed by atoms with E-state index < -0.39 is 5.67 Å². The maximum atomic E-state index is 13.8. The van der Waals surface area contributed by atoms with Crippen LogP contribution in [-0.4, -0.2) is 9.97 Å². The summed E-state index contributed by atoms with van der Waals surface area (Å²) in [4.78, 5) is 16.9. The minimum absolute atomic E-state index is 0.0868. The highest BCUT2D eigenvalue weighted by atomic mass is 19.1. The van der Waals surface area contributed by atoms with Crippen molar-refractivity contribution in [2.24, 2.45) is 0 Å². The number of aromatic amines is 1. The van der Waals surface area contributed by atoms with Crippen molar-refractivity contribution in [3.63, 3.8) is 0 Å². The monoisotopic (exact) mass is 182 g/mol. The number of hydrogen-bond donors (Lipinski definition) is 1. The van der Waals surface area contributed by atoms with E-state index in [1.807, 2.05) is 0 Å². The van der Waals surface area contributed by atoms with E-state index in [9.17, 15) is 9.18 Å². The van der Waals surface area contributed by atoms with Gasteiger partial charge in [-0.25, -0.2) is 9.37 Å². The molecule has 0 aromatic carbocycles. The van der Waals surface area contributed by atoms with Crippen LogP contribution >= 0.6 is 0 Å². The second-order valence-electron chi connectivity index (χ2n) is 3.08. The first kappa shape index (κ1) is 9.64. The molecule has 1 N–H and O–H groups in total. The van der Waals surface area contributed by atoms with Gasteiger partial charge in [0, 0.05) is 6.07 Å². The zero-order valence-electron chi connectivity index (χ0n) is 7.60. The normalized spacial score (nSPS) is 15.0. The molecule has 0 fully saturated rings. The zero-order valence-corrected chi connectivity index (χ0v) is 7.60. The maximum absolute atomic E-state index is 13.8. The Morgan fingerprint density at radius 1 is 1.77 bits per heavy atom. The highest BCUT2D eigenvalue weighted by molar-refractivity contribution is 5.21. The Bertz CT molecular complexity index is 381. The largest absolute Gasteiger partial charge is 0.313 e. The van der Waals surface area contributed by atoms with E-state index in [1.54, 1.807) is 6.92 Å². The van der Waals surface area contributed by atoms with Crippen LogP contribution in [0.15, 0.2) is 29.3 Å². The molecule has 0 amide bonds. The lowest BCUT2D eigenvalue weighted by Crippen LogP contribution is -2.21. The van der Waals surface area contributed by atoms with Crippen LogP contribution < -0.4 is 5.56 Å². The second kappa shape index (κ2) is 3.12. The number of rotatable bonds is 2. The van der Waals surface area contributed by atoms with Gasteiger partial charge in [0.2, 0.25) is 0 Å². The average molecular weight is 182 g/mol. The second-order valence-corrected chi connectivity index (χ2v) is 3.08. The van der Waals surface area contributed by atoms with Crippen molar-refractivity contribution >= 4 is 0 Å². The Morgan fingerprint density at radius 3 is 2.85 bits per heavy atom. The first-order valence-corrected chi connectivity index (χ1v) is 3.84. The SMILES string of the molecule is C=C(C)C(C)(F)c1cc(=O)[nH]cn1. The summed E-state index contributed by atoms with van der Waals surface area (Å²) in [6, 6.07) is 1.13. The Labute approximate surface area is 75.3 Å². The molecule has 0 spiro atoms. The summed E-state index contributed by atoms with van der Waals surface area (Å²) in [5, 5.41) is 0. The van der Waals surface area contributed by atoms with Gasteiger partial charge in [0.05, 0.1) is 12.0 Å². The zero-order chi connectivity index (χ0) is 10.1. The summed E-state index contributed by atoms with van der Waals surface area (Å²) < 4.78 is 13.8. The quantitative estimate of drug-likeness (QED) is 0.705. The third-order valence-electron chi connectivity index (χ3n) is 1.96. The predicted octanol–water partition coefficient (Wildman–Crippen LogP) is 1.53. The molecule has 1 aromatic heterocycles. The molecule has 1 heterocycles. The topological polar surface area (TPSA) is 45.8 Å². The molecule has 0 radical (unpaired) electrons. The van der Waals surface area contributed by atoms with Gasteiger partial charge in [-0.05, 0) is 19.4 Å². The molecule has 4 heteroatoms. The number of alkyl halides is 1. The molecule has 1 atom stereocenters. The van der Waals surface area contributed by atoms with Crippen LogP contribution in [0.2, 0.25) is 0 Å². The number of nitrogens with one attached hydrogen (secondary N) is 1. The molecule has 0 saturated heterocycles. The first-order valence-electron chi connectivity index (χ1n) is 3.84. The van der Waals surface area contributed by atoms with E-state index in [-0.39, 0.29) is 11.3 Å². The van der Waals surface area contributed by atoms with Crippen LogP contribution in [0, 0.1) is 0 Å². The van der Waals surface area contributed by atoms with Crippen molar-refractivity contribution in [3.8, 4) is 0 Å². The van der Waals surface area contributed by atoms with E-state index in [4.69, 9.17) is 0 Å². The fourth-order valence-electron chi connectivity index (χ4n) is 0.844. The molecule has 0 saturated carbocycles. The molecule has 0 aliphatic heterocycles. The fourth-order valence-corrected chi connectivity index (χ4v) is 0.844. The minimum Gasteiger partial charge on any atom is -0.313 e. The third kappa shape index (κ3) is 1.83. The molecule has 70 valence electrons. The number of H-pyrrole nitrogens is 1. The number of nitrogens with zero attached hydrogens (tertiary/aromatic N) is 1. The van der Waals surface area contributed by atoms with Gasteiger partial charge in [-0.2, -0.15) is 0 Å². The summed E-state index contributed by atoms with van der Waals surface area (Å²) in [5.41, 5.74) is -1.70. The molecule has 0 aliphatic carbocycles. The summed E-state index contributed by atoms with van der Waals surface area (Å²) in [7, 11) is 0. The minimum atomic E-state index is -1.74. The van der Waals surface area contributed by atoms with Gasteiger partial charge in [0.15, 0.2) is 5.67 Å². The lowest BCUT2D eigenvalue weighted by molar-refractivity contribution is 0.237. The maximum Gasteiger partial charge on any atom is 0.251 e. The van der Waals surface area contributed by atoms with Gasteiger partial charge in [-0.1, -0.05) is 6.58 Å². The van der Waals surface area contributed by atoms with E-state index in [1.165, 1.54) is 13.3 Å². The van der Waals surface area contributed by atoms with Crippen LogP contribution in [0.1, 0.15) is 19.5 Å². The van der Waals surface area contributed by atoms with Crippen molar-refractivity contribution in [2.75, 3.05) is 0 Å². The highest BCUT2D eigenvalue weighted by Gasteiger charge is 2.28. The first-order chi connectivity index (χ1) is 5.94. The average Bonchev–Trinajstić information content (AvgIpc) is 2.04. The summed E-state index contributed by atoms with van der Waals surface area (Å²) in [6.45, 7) is 6.39. The molecular formula is C9H11FN2O. The van der Waals surface area contributed by atoms with Crippen LogP contribution in [-0.2, 0) is 5.67 Å². The summed E-state index contributed by atoms with van der Waals surface area (Å²) >= 11 is 0. The van der Waals surface area contributed by atoms with Crippen molar-refractivity contribution in [1.82, 2.24) is 9.97 Å². The van der Waals surface area contributed by atoms with Gasteiger partial charge < -0.3 is 4.98 Å². The smallest absolute Gasteiger partial charge is 0.251 e. The Balaban J connectivity index is 3.22.